The van der Waals surface area contributed by atoms with Crippen molar-refractivity contribution in [2.45, 2.75) is 18.9 Å². The highest BCUT2D eigenvalue weighted by molar-refractivity contribution is 7.07. The van der Waals surface area contributed by atoms with Gasteiger partial charge in [0, 0.05) is 5.56 Å². The number of benzene rings is 3. The predicted molar refractivity (Wildman–Crippen MR) is 134 cm³/mol. The molecule has 0 fully saturated rings. The van der Waals surface area contributed by atoms with Crippen LogP contribution in [0.4, 0.5) is 4.39 Å². The van der Waals surface area contributed by atoms with Crippen molar-refractivity contribution in [1.29, 1.82) is 0 Å². The van der Waals surface area contributed by atoms with Crippen molar-refractivity contribution < 1.29 is 14.2 Å². The molecule has 1 N–H and O–H groups in total. The van der Waals surface area contributed by atoms with E-state index in [-0.39, 0.29) is 17.1 Å². The van der Waals surface area contributed by atoms with Gasteiger partial charge in [-0.15, -0.1) is 0 Å². The number of allylic oxidation sites excluding steroid dienone is 1. The van der Waals surface area contributed by atoms with Crippen LogP contribution in [0.1, 0.15) is 34.7 Å². The molecule has 2 aliphatic rings. The van der Waals surface area contributed by atoms with Gasteiger partial charge in [0.2, 0.25) is 0 Å². The van der Waals surface area contributed by atoms with Crippen LogP contribution < -0.4 is 19.6 Å². The van der Waals surface area contributed by atoms with Crippen LogP contribution in [0, 0.1) is 5.82 Å². The minimum atomic E-state index is -0.429. The molecule has 0 amide bonds. The molecule has 1 aromatic heterocycles. The van der Waals surface area contributed by atoms with E-state index in [0.717, 1.165) is 40.8 Å². The minimum Gasteiger partial charge on any atom is -0.504 e. The molecule has 7 heteroatoms. The Labute approximate surface area is 204 Å². The first-order chi connectivity index (χ1) is 17.0. The molecule has 0 saturated carbocycles. The maximum Gasteiger partial charge on any atom is 0.271 e. The highest BCUT2D eigenvalue weighted by Crippen LogP contribution is 2.41. The van der Waals surface area contributed by atoms with E-state index in [1.807, 2.05) is 18.2 Å². The van der Waals surface area contributed by atoms with Crippen LogP contribution in [0.5, 0.6) is 11.5 Å². The zero-order valence-electron chi connectivity index (χ0n) is 18.9. The maximum absolute atomic E-state index is 14.3. The lowest BCUT2D eigenvalue weighted by Crippen LogP contribution is -2.38. The van der Waals surface area contributed by atoms with Gasteiger partial charge in [-0.25, -0.2) is 9.38 Å². The van der Waals surface area contributed by atoms with Crippen molar-refractivity contribution in [2.24, 2.45) is 4.99 Å². The second kappa shape index (κ2) is 8.36. The van der Waals surface area contributed by atoms with Gasteiger partial charge in [-0.1, -0.05) is 53.8 Å². The van der Waals surface area contributed by atoms with Crippen LogP contribution in [0.3, 0.4) is 0 Å². The Morgan fingerprint density at radius 1 is 1.11 bits per heavy atom. The average molecular weight is 485 g/mol. The average Bonchev–Trinajstić information content (AvgIpc) is 3.18. The summed E-state index contributed by atoms with van der Waals surface area (Å²) < 4.78 is 21.7. The lowest BCUT2D eigenvalue weighted by Gasteiger charge is -2.30. The van der Waals surface area contributed by atoms with Crippen molar-refractivity contribution in [3.63, 3.8) is 0 Å². The molecule has 0 unspecified atom stereocenters. The molecule has 2 heterocycles. The summed E-state index contributed by atoms with van der Waals surface area (Å²) in [4.78, 5) is 19.3. The van der Waals surface area contributed by atoms with Gasteiger partial charge in [0.1, 0.15) is 5.82 Å². The van der Waals surface area contributed by atoms with Gasteiger partial charge in [0.15, 0.2) is 16.3 Å². The fraction of sp³-hybridized carbons (Fsp3) is 0.143. The van der Waals surface area contributed by atoms with E-state index in [1.54, 1.807) is 28.8 Å². The zero-order chi connectivity index (χ0) is 24.1. The minimum absolute atomic E-state index is 0.0311. The summed E-state index contributed by atoms with van der Waals surface area (Å²) in [6.45, 7) is 0. The molecule has 1 aliphatic heterocycles. The first-order valence-corrected chi connectivity index (χ1v) is 12.1. The Kier molecular flexibility index (Phi) is 5.15. The van der Waals surface area contributed by atoms with Crippen LogP contribution >= 0.6 is 11.3 Å². The summed E-state index contributed by atoms with van der Waals surface area (Å²) in [5, 5.41) is 9.92. The zero-order valence-corrected chi connectivity index (χ0v) is 19.7. The third kappa shape index (κ3) is 3.59. The molecule has 1 atom stereocenters. The van der Waals surface area contributed by atoms with Crippen LogP contribution in [0.25, 0.3) is 11.8 Å². The van der Waals surface area contributed by atoms with Crippen molar-refractivity contribution in [2.75, 3.05) is 7.11 Å². The number of aromatic nitrogens is 1. The number of thiazole rings is 1. The number of hydrogen-bond donors (Lipinski definition) is 1. The number of halogens is 1. The lowest BCUT2D eigenvalue weighted by atomic mass is 9.83. The van der Waals surface area contributed by atoms with Crippen LogP contribution in [-0.2, 0) is 6.42 Å². The topological polar surface area (TPSA) is 63.8 Å². The Balaban J connectivity index is 1.61. The Bertz CT molecular complexity index is 1700. The second-order valence-corrected chi connectivity index (χ2v) is 9.61. The molecule has 0 spiro atoms. The summed E-state index contributed by atoms with van der Waals surface area (Å²) in [6.07, 6.45) is 3.36. The van der Waals surface area contributed by atoms with E-state index in [2.05, 4.69) is 12.1 Å². The maximum atomic E-state index is 14.3. The van der Waals surface area contributed by atoms with Crippen LogP contribution in [-0.4, -0.2) is 16.8 Å². The molecule has 6 rings (SSSR count). The fourth-order valence-electron chi connectivity index (χ4n) is 4.93. The quantitative estimate of drug-likeness (QED) is 0.475. The van der Waals surface area contributed by atoms with Gasteiger partial charge in [-0.05, 0) is 65.4 Å². The smallest absolute Gasteiger partial charge is 0.271 e. The van der Waals surface area contributed by atoms with Crippen molar-refractivity contribution in [1.82, 2.24) is 4.57 Å². The normalized spacial score (nSPS) is 16.9. The van der Waals surface area contributed by atoms with Gasteiger partial charge in [-0.3, -0.25) is 9.36 Å². The number of fused-ring (bicyclic) bond motifs is 3. The summed E-state index contributed by atoms with van der Waals surface area (Å²) in [6, 6.07) is 19.2. The van der Waals surface area contributed by atoms with Crippen LogP contribution in [0.15, 0.2) is 82.1 Å². The van der Waals surface area contributed by atoms with E-state index in [0.29, 0.717) is 15.1 Å². The molecule has 0 radical (unpaired) electrons. The fourth-order valence-corrected chi connectivity index (χ4v) is 5.94. The number of aromatic hydroxyl groups is 1. The number of aryl methyl sites for hydroxylation is 1. The first kappa shape index (κ1) is 21.6. The Morgan fingerprint density at radius 2 is 1.97 bits per heavy atom. The highest BCUT2D eigenvalue weighted by atomic mass is 32.1. The summed E-state index contributed by atoms with van der Waals surface area (Å²) >= 11 is 1.30. The molecular formula is C28H21FN2O3S. The second-order valence-electron chi connectivity index (χ2n) is 8.60. The number of ether oxygens (including phenoxy) is 1. The summed E-state index contributed by atoms with van der Waals surface area (Å²) in [5.74, 6) is 0.0240. The van der Waals surface area contributed by atoms with E-state index < -0.39 is 6.04 Å². The largest absolute Gasteiger partial charge is 0.504 e. The van der Waals surface area contributed by atoms with Gasteiger partial charge in [0.25, 0.3) is 5.56 Å². The SMILES string of the molecule is COc1cc(/C=c2\sc3n(c2=O)[C@H](c2cccc(F)c2)C2=C(N=3)c3ccccc3CC2)ccc1O. The van der Waals surface area contributed by atoms with E-state index in [9.17, 15) is 14.3 Å². The number of nitrogens with zero attached hydrogens (tertiary/aromatic N) is 2. The number of phenols is 1. The molecule has 3 aromatic carbocycles. The summed E-state index contributed by atoms with van der Waals surface area (Å²) in [5.41, 5.74) is 5.46. The Morgan fingerprint density at radius 3 is 2.80 bits per heavy atom. The van der Waals surface area contributed by atoms with Gasteiger partial charge in [0.05, 0.1) is 23.4 Å². The number of phenolic OH excluding ortho intramolecular Hbond substituents is 1. The third-order valence-electron chi connectivity index (χ3n) is 6.54. The molecule has 0 saturated heterocycles. The predicted octanol–water partition coefficient (Wildman–Crippen LogP) is 4.17. The molecule has 4 aromatic rings. The lowest BCUT2D eigenvalue weighted by molar-refractivity contribution is 0.373. The molecular weight excluding hydrogens is 463 g/mol. The summed E-state index contributed by atoms with van der Waals surface area (Å²) in [7, 11) is 1.48. The van der Waals surface area contributed by atoms with Gasteiger partial charge >= 0.3 is 0 Å². The van der Waals surface area contributed by atoms with Gasteiger partial charge in [-0.2, -0.15) is 0 Å². The number of rotatable bonds is 3. The number of hydrogen-bond acceptors (Lipinski definition) is 5. The number of methoxy groups -OCH3 is 1. The van der Waals surface area contributed by atoms with E-state index in [1.165, 1.54) is 42.2 Å². The van der Waals surface area contributed by atoms with Crippen LogP contribution in [0.2, 0.25) is 0 Å². The van der Waals surface area contributed by atoms with Crippen molar-refractivity contribution in [3.8, 4) is 11.5 Å². The van der Waals surface area contributed by atoms with Crippen molar-refractivity contribution in [3.05, 3.63) is 120 Å². The van der Waals surface area contributed by atoms with E-state index in [4.69, 9.17) is 9.73 Å². The van der Waals surface area contributed by atoms with Crippen molar-refractivity contribution >= 4 is 23.1 Å². The standard InChI is InChI=1S/C28H21FN2O3S/c1-34-23-13-16(9-12-22(23)32)14-24-27(33)31-26(18-6-4-7-19(29)15-18)21-11-10-17-5-2-3-8-20(17)25(21)30-28(31)35-24/h2-9,12-15,26,32H,10-11H2,1H3/b24-14-/t26-/m1/s1. The molecule has 35 heavy (non-hydrogen) atoms. The monoisotopic (exact) mass is 484 g/mol. The first-order valence-electron chi connectivity index (χ1n) is 11.3. The molecule has 5 nitrogen and oxygen atoms in total. The third-order valence-corrected chi connectivity index (χ3v) is 7.52. The molecule has 174 valence electrons. The Hall–Kier alpha value is -3.97. The van der Waals surface area contributed by atoms with E-state index >= 15 is 0 Å². The van der Waals surface area contributed by atoms with Gasteiger partial charge < -0.3 is 9.84 Å². The molecule has 0 bridgehead atoms. The highest BCUT2D eigenvalue weighted by Gasteiger charge is 2.32. The molecule has 1 aliphatic carbocycles.